The summed E-state index contributed by atoms with van der Waals surface area (Å²) in [4.78, 5) is 13.4. The van der Waals surface area contributed by atoms with Crippen LogP contribution < -0.4 is 19.8 Å². The van der Waals surface area contributed by atoms with Crippen molar-refractivity contribution in [2.45, 2.75) is 66.8 Å². The number of methoxy groups -OCH3 is 1. The zero-order chi connectivity index (χ0) is 25.2. The molecule has 34 heavy (non-hydrogen) atoms. The van der Waals surface area contributed by atoms with Gasteiger partial charge in [0.1, 0.15) is 6.54 Å². The molecular formula is C25H37N5O4. The fraction of sp³-hybridized carbons (Fsp3) is 0.520. The van der Waals surface area contributed by atoms with Crippen LogP contribution in [-0.2, 0) is 12.0 Å². The number of aromatic nitrogens is 4. The highest BCUT2D eigenvalue weighted by atomic mass is 16.5. The molecular weight excluding hydrogens is 434 g/mol. The van der Waals surface area contributed by atoms with Crippen molar-refractivity contribution < 1.29 is 20.4 Å². The van der Waals surface area contributed by atoms with Gasteiger partial charge in [0.2, 0.25) is 11.5 Å². The maximum Gasteiger partial charge on any atom is 0.242 e. The smallest absolute Gasteiger partial charge is 0.242 e. The molecule has 2 aromatic heterocycles. The van der Waals surface area contributed by atoms with Gasteiger partial charge in [0.15, 0.2) is 22.9 Å². The number of fused-ring (bicyclic) bond motifs is 1. The third-order valence-corrected chi connectivity index (χ3v) is 5.70. The van der Waals surface area contributed by atoms with Gasteiger partial charge in [0.25, 0.3) is 0 Å². The highest BCUT2D eigenvalue weighted by Gasteiger charge is 2.25. The van der Waals surface area contributed by atoms with Crippen LogP contribution in [0.1, 0.15) is 69.5 Å². The summed E-state index contributed by atoms with van der Waals surface area (Å²) in [6, 6.07) is 3.56. The first-order valence-electron chi connectivity index (χ1n) is 11.6. The topological polar surface area (TPSA) is 104 Å². The van der Waals surface area contributed by atoms with E-state index in [1.54, 1.807) is 13.2 Å². The van der Waals surface area contributed by atoms with Crippen LogP contribution in [0.2, 0.25) is 0 Å². The van der Waals surface area contributed by atoms with Gasteiger partial charge < -0.3 is 14.2 Å². The summed E-state index contributed by atoms with van der Waals surface area (Å²) in [5.74, 6) is 1.45. The SMILES string of the molecule is CCCOc1cc(C(=O)Cn2nc3c(C)c(C)c(OCC)nn3c2=N)cc(C(C)(C)C)c1OC.[HH]. The molecule has 1 aromatic carbocycles. The molecule has 0 saturated heterocycles. The molecule has 9 heteroatoms. The number of rotatable bonds is 9. The molecule has 0 unspecified atom stereocenters. The van der Waals surface area contributed by atoms with Crippen LogP contribution in [0.5, 0.6) is 17.4 Å². The summed E-state index contributed by atoms with van der Waals surface area (Å²) in [6.07, 6.45) is 0.834. The second-order valence-electron chi connectivity index (χ2n) is 9.28. The van der Waals surface area contributed by atoms with Crippen molar-refractivity contribution in [1.29, 1.82) is 5.41 Å². The fourth-order valence-corrected chi connectivity index (χ4v) is 3.70. The number of Topliss-reactive ketones (excluding diaryl/α,β-unsaturated/α-hetero) is 1. The highest BCUT2D eigenvalue weighted by molar-refractivity contribution is 5.97. The zero-order valence-electron chi connectivity index (χ0n) is 21.4. The number of benzene rings is 1. The van der Waals surface area contributed by atoms with Crippen LogP contribution in [0, 0.1) is 19.3 Å². The molecule has 0 aliphatic carbocycles. The molecule has 186 valence electrons. The van der Waals surface area contributed by atoms with E-state index in [4.69, 9.17) is 19.6 Å². The normalized spacial score (nSPS) is 11.6. The van der Waals surface area contributed by atoms with Crippen LogP contribution >= 0.6 is 0 Å². The van der Waals surface area contributed by atoms with E-state index in [0.29, 0.717) is 41.8 Å². The van der Waals surface area contributed by atoms with Gasteiger partial charge in [-0.1, -0.05) is 27.7 Å². The summed E-state index contributed by atoms with van der Waals surface area (Å²) in [5.41, 5.74) is 3.34. The molecule has 3 aromatic rings. The van der Waals surface area contributed by atoms with Crippen molar-refractivity contribution in [1.82, 2.24) is 19.4 Å². The van der Waals surface area contributed by atoms with Gasteiger partial charge in [-0.3, -0.25) is 10.2 Å². The van der Waals surface area contributed by atoms with Gasteiger partial charge >= 0.3 is 0 Å². The van der Waals surface area contributed by atoms with E-state index >= 15 is 0 Å². The monoisotopic (exact) mass is 471 g/mol. The number of hydrogen-bond donors (Lipinski definition) is 1. The van der Waals surface area contributed by atoms with E-state index < -0.39 is 0 Å². The molecule has 1 N–H and O–H groups in total. The van der Waals surface area contributed by atoms with Crippen LogP contribution in [-0.4, -0.2) is 45.5 Å². The molecule has 3 rings (SSSR count). The maximum atomic E-state index is 13.4. The molecule has 0 saturated carbocycles. The number of carbonyl (C=O) groups excluding carboxylic acids is 1. The second kappa shape index (κ2) is 9.87. The first-order chi connectivity index (χ1) is 16.0. The summed E-state index contributed by atoms with van der Waals surface area (Å²) >= 11 is 0. The fourth-order valence-electron chi connectivity index (χ4n) is 3.70. The molecule has 2 heterocycles. The largest absolute Gasteiger partial charge is 0.493 e. The molecule has 0 atom stereocenters. The number of carbonyl (C=O) groups is 1. The second-order valence-corrected chi connectivity index (χ2v) is 9.28. The molecule has 0 amide bonds. The molecule has 9 nitrogen and oxygen atoms in total. The number of ketones is 1. The summed E-state index contributed by atoms with van der Waals surface area (Å²) < 4.78 is 20.0. The van der Waals surface area contributed by atoms with Gasteiger partial charge in [-0.2, -0.15) is 4.52 Å². The third kappa shape index (κ3) is 4.78. The zero-order valence-corrected chi connectivity index (χ0v) is 21.4. The lowest BCUT2D eigenvalue weighted by atomic mass is 9.84. The van der Waals surface area contributed by atoms with E-state index in [2.05, 4.69) is 31.0 Å². The number of aryl methyl sites for hydroxylation is 1. The Kier molecular flexibility index (Phi) is 7.33. The summed E-state index contributed by atoms with van der Waals surface area (Å²) in [7, 11) is 1.61. The van der Waals surface area contributed by atoms with Crippen molar-refractivity contribution in [3.63, 3.8) is 0 Å². The number of ether oxygens (including phenoxy) is 3. The first kappa shape index (κ1) is 25.3. The van der Waals surface area contributed by atoms with Crippen molar-refractivity contribution in [3.05, 3.63) is 40.0 Å². The number of nitrogens with zero attached hydrogens (tertiary/aromatic N) is 4. The predicted molar refractivity (Wildman–Crippen MR) is 131 cm³/mol. The average Bonchev–Trinajstić information content (AvgIpc) is 3.09. The van der Waals surface area contributed by atoms with E-state index in [9.17, 15) is 4.79 Å². The van der Waals surface area contributed by atoms with Gasteiger partial charge in [-0.15, -0.1) is 10.2 Å². The molecule has 0 aliphatic rings. The van der Waals surface area contributed by atoms with Gasteiger partial charge in [0, 0.05) is 23.7 Å². The molecule has 0 spiro atoms. The predicted octanol–water partition coefficient (Wildman–Crippen LogP) is 4.25. The quantitative estimate of drug-likeness (QED) is 0.468. The third-order valence-electron chi connectivity index (χ3n) is 5.70. The Morgan fingerprint density at radius 1 is 1.12 bits per heavy atom. The lowest BCUT2D eigenvalue weighted by molar-refractivity contribution is 0.0965. The Bertz CT molecular complexity index is 1270. The Labute approximate surface area is 201 Å². The van der Waals surface area contributed by atoms with Crippen LogP contribution in [0.15, 0.2) is 12.1 Å². The van der Waals surface area contributed by atoms with Crippen molar-refractivity contribution in [3.8, 4) is 17.4 Å². The molecule has 0 fully saturated rings. The average molecular weight is 472 g/mol. The summed E-state index contributed by atoms with van der Waals surface area (Å²) in [5, 5.41) is 17.5. The lowest BCUT2D eigenvalue weighted by Gasteiger charge is -2.25. The van der Waals surface area contributed by atoms with Crippen LogP contribution in [0.4, 0.5) is 0 Å². The minimum Gasteiger partial charge on any atom is -0.493 e. The minimum atomic E-state index is -0.267. The minimum absolute atomic E-state index is 0. The van der Waals surface area contributed by atoms with Crippen LogP contribution in [0.25, 0.3) is 5.65 Å². The van der Waals surface area contributed by atoms with Gasteiger partial charge in [0.05, 0.1) is 20.3 Å². The number of hydrogen-bond acceptors (Lipinski definition) is 7. The molecule has 0 bridgehead atoms. The van der Waals surface area contributed by atoms with Crippen molar-refractivity contribution in [2.75, 3.05) is 20.3 Å². The van der Waals surface area contributed by atoms with E-state index in [1.165, 1.54) is 9.20 Å². The summed E-state index contributed by atoms with van der Waals surface area (Å²) in [6.45, 7) is 14.8. The Hall–Kier alpha value is -3.36. The first-order valence-corrected chi connectivity index (χ1v) is 11.6. The Morgan fingerprint density at radius 3 is 2.41 bits per heavy atom. The Balaban J connectivity index is 0.00000432. The maximum absolute atomic E-state index is 13.4. The van der Waals surface area contributed by atoms with E-state index in [1.807, 2.05) is 33.8 Å². The van der Waals surface area contributed by atoms with E-state index in [-0.39, 0.29) is 24.8 Å². The van der Waals surface area contributed by atoms with E-state index in [0.717, 1.165) is 23.1 Å². The Morgan fingerprint density at radius 2 is 1.82 bits per heavy atom. The van der Waals surface area contributed by atoms with Crippen molar-refractivity contribution >= 4 is 11.4 Å². The number of nitrogens with one attached hydrogen (secondary N) is 1. The van der Waals surface area contributed by atoms with Gasteiger partial charge in [-0.05, 0) is 44.7 Å². The molecule has 0 radical (unpaired) electrons. The lowest BCUT2D eigenvalue weighted by Crippen LogP contribution is -2.27. The standard InChI is InChI=1S/C25H35N5O4.H2/c1-9-11-34-20-13-17(12-18(21(20)32-8)25(5,6)7)19(31)14-29-24(26)30-22(27-29)15(3)16(4)23(28-30)33-10-2;/h12-13,26H,9-11,14H2,1-8H3;1H. The van der Waals surface area contributed by atoms with Crippen molar-refractivity contribution in [2.24, 2.45) is 0 Å². The molecule has 0 aliphatic heterocycles. The highest BCUT2D eigenvalue weighted by Crippen LogP contribution is 2.40. The van der Waals surface area contributed by atoms with Crippen LogP contribution in [0.3, 0.4) is 0 Å². The van der Waals surface area contributed by atoms with Gasteiger partial charge in [-0.25, -0.2) is 4.68 Å².